The first-order chi connectivity index (χ1) is 10.0. The van der Waals surface area contributed by atoms with Crippen molar-refractivity contribution < 1.29 is 15.0 Å². The highest BCUT2D eigenvalue weighted by molar-refractivity contribution is 5.78. The normalized spacial score (nSPS) is 11.9. The van der Waals surface area contributed by atoms with E-state index in [2.05, 4.69) is 5.32 Å². The van der Waals surface area contributed by atoms with Gasteiger partial charge in [-0.3, -0.25) is 4.79 Å². The average Bonchev–Trinajstić information content (AvgIpc) is 2.41. The summed E-state index contributed by atoms with van der Waals surface area (Å²) >= 11 is 0. The Morgan fingerprint density at radius 3 is 2.43 bits per heavy atom. The molecule has 2 rings (SSSR count). The molecule has 2 aromatic rings. The predicted octanol–water partition coefficient (Wildman–Crippen LogP) is 2.39. The fraction of sp³-hybridized carbons (Fsp3) is 0.235. The SMILES string of the molecule is C[C@@H](Cc1ccc(O)cc1)NC(=O)Cc1cccc(O)c1. The zero-order valence-corrected chi connectivity index (χ0v) is 11.9. The Balaban J connectivity index is 1.86. The second-order valence-electron chi connectivity index (χ2n) is 5.19. The summed E-state index contributed by atoms with van der Waals surface area (Å²) in [6.45, 7) is 1.94. The summed E-state index contributed by atoms with van der Waals surface area (Å²) in [6, 6.07) is 13.6. The molecule has 4 heteroatoms. The first-order valence-electron chi connectivity index (χ1n) is 6.88. The van der Waals surface area contributed by atoms with Crippen LogP contribution >= 0.6 is 0 Å². The fourth-order valence-electron chi connectivity index (χ4n) is 2.21. The molecule has 0 aliphatic carbocycles. The van der Waals surface area contributed by atoms with Crippen LogP contribution < -0.4 is 5.32 Å². The standard InChI is InChI=1S/C17H19NO3/c1-12(9-13-5-7-15(19)8-6-13)18-17(21)11-14-3-2-4-16(20)10-14/h2-8,10,12,19-20H,9,11H2,1H3,(H,18,21)/t12-/m0/s1. The van der Waals surface area contributed by atoms with E-state index >= 15 is 0 Å². The van der Waals surface area contributed by atoms with Crippen molar-refractivity contribution in [1.29, 1.82) is 0 Å². The Bertz CT molecular complexity index is 608. The van der Waals surface area contributed by atoms with Crippen molar-refractivity contribution >= 4 is 5.91 Å². The van der Waals surface area contributed by atoms with Crippen molar-refractivity contribution in [3.8, 4) is 11.5 Å². The molecule has 0 aliphatic rings. The van der Waals surface area contributed by atoms with E-state index in [0.29, 0.717) is 6.42 Å². The first-order valence-corrected chi connectivity index (χ1v) is 6.88. The van der Waals surface area contributed by atoms with E-state index in [1.807, 2.05) is 25.1 Å². The van der Waals surface area contributed by atoms with Crippen LogP contribution in [-0.2, 0) is 17.6 Å². The van der Waals surface area contributed by atoms with Crippen molar-refractivity contribution in [3.05, 3.63) is 59.7 Å². The van der Waals surface area contributed by atoms with Crippen LogP contribution in [0.4, 0.5) is 0 Å². The first kappa shape index (κ1) is 14.9. The Morgan fingerprint density at radius 2 is 1.76 bits per heavy atom. The molecule has 0 unspecified atom stereocenters. The number of benzene rings is 2. The van der Waals surface area contributed by atoms with Gasteiger partial charge in [-0.05, 0) is 48.7 Å². The Morgan fingerprint density at radius 1 is 1.05 bits per heavy atom. The zero-order valence-electron chi connectivity index (χ0n) is 11.9. The third-order valence-corrected chi connectivity index (χ3v) is 3.16. The van der Waals surface area contributed by atoms with Gasteiger partial charge in [-0.1, -0.05) is 24.3 Å². The average molecular weight is 285 g/mol. The summed E-state index contributed by atoms with van der Waals surface area (Å²) in [5, 5.41) is 21.5. The van der Waals surface area contributed by atoms with E-state index in [9.17, 15) is 15.0 Å². The number of aromatic hydroxyl groups is 2. The predicted molar refractivity (Wildman–Crippen MR) is 81.2 cm³/mol. The molecular formula is C17H19NO3. The van der Waals surface area contributed by atoms with Crippen LogP contribution in [0.2, 0.25) is 0 Å². The number of carbonyl (C=O) groups excluding carboxylic acids is 1. The number of rotatable bonds is 5. The summed E-state index contributed by atoms with van der Waals surface area (Å²) in [7, 11) is 0. The van der Waals surface area contributed by atoms with Crippen molar-refractivity contribution in [2.75, 3.05) is 0 Å². The Labute approximate surface area is 124 Å². The Hall–Kier alpha value is -2.49. The molecule has 21 heavy (non-hydrogen) atoms. The number of hydrogen-bond donors (Lipinski definition) is 3. The summed E-state index contributed by atoms with van der Waals surface area (Å²) in [5.74, 6) is 0.323. The minimum Gasteiger partial charge on any atom is -0.508 e. The number of phenols is 2. The number of hydrogen-bond acceptors (Lipinski definition) is 3. The van der Waals surface area contributed by atoms with E-state index in [-0.39, 0.29) is 29.9 Å². The summed E-state index contributed by atoms with van der Waals surface area (Å²) in [6.07, 6.45) is 0.945. The molecule has 1 amide bonds. The number of amides is 1. The Kier molecular flexibility index (Phi) is 4.82. The van der Waals surface area contributed by atoms with Crippen LogP contribution in [0.5, 0.6) is 11.5 Å². The number of phenolic OH excluding ortho intramolecular Hbond substituents is 2. The highest BCUT2D eigenvalue weighted by Gasteiger charge is 2.09. The van der Waals surface area contributed by atoms with E-state index in [1.165, 1.54) is 0 Å². The van der Waals surface area contributed by atoms with Gasteiger partial charge in [0.2, 0.25) is 5.91 Å². The van der Waals surface area contributed by atoms with Gasteiger partial charge in [0.05, 0.1) is 6.42 Å². The van der Waals surface area contributed by atoms with Gasteiger partial charge in [-0.15, -0.1) is 0 Å². The minimum atomic E-state index is -0.0770. The van der Waals surface area contributed by atoms with Gasteiger partial charge >= 0.3 is 0 Å². The van der Waals surface area contributed by atoms with E-state index in [4.69, 9.17) is 0 Å². The van der Waals surface area contributed by atoms with Crippen LogP contribution in [0.3, 0.4) is 0 Å². The number of nitrogens with one attached hydrogen (secondary N) is 1. The number of carbonyl (C=O) groups is 1. The fourth-order valence-corrected chi connectivity index (χ4v) is 2.21. The molecule has 0 heterocycles. The summed E-state index contributed by atoms with van der Waals surface area (Å²) in [5.41, 5.74) is 1.84. The summed E-state index contributed by atoms with van der Waals surface area (Å²) < 4.78 is 0. The minimum absolute atomic E-state index is 0.000600. The van der Waals surface area contributed by atoms with Crippen LogP contribution in [0, 0.1) is 0 Å². The second-order valence-corrected chi connectivity index (χ2v) is 5.19. The molecule has 0 radical (unpaired) electrons. The van der Waals surface area contributed by atoms with Crippen molar-refractivity contribution in [1.82, 2.24) is 5.32 Å². The van der Waals surface area contributed by atoms with Gasteiger partial charge in [0.1, 0.15) is 11.5 Å². The lowest BCUT2D eigenvalue weighted by atomic mass is 10.1. The molecule has 3 N–H and O–H groups in total. The van der Waals surface area contributed by atoms with Gasteiger partial charge in [0.15, 0.2) is 0 Å². The molecule has 1 atom stereocenters. The van der Waals surface area contributed by atoms with Crippen LogP contribution in [0.15, 0.2) is 48.5 Å². The molecule has 0 saturated carbocycles. The molecule has 0 spiro atoms. The molecule has 0 bridgehead atoms. The van der Waals surface area contributed by atoms with Crippen LogP contribution in [0.1, 0.15) is 18.1 Å². The molecule has 4 nitrogen and oxygen atoms in total. The largest absolute Gasteiger partial charge is 0.508 e. The van der Waals surface area contributed by atoms with Gasteiger partial charge < -0.3 is 15.5 Å². The highest BCUT2D eigenvalue weighted by Crippen LogP contribution is 2.13. The van der Waals surface area contributed by atoms with Crippen molar-refractivity contribution in [2.45, 2.75) is 25.8 Å². The van der Waals surface area contributed by atoms with Crippen molar-refractivity contribution in [2.24, 2.45) is 0 Å². The van der Waals surface area contributed by atoms with Gasteiger partial charge in [0, 0.05) is 6.04 Å². The molecule has 2 aromatic carbocycles. The molecule has 110 valence electrons. The topological polar surface area (TPSA) is 69.6 Å². The lowest BCUT2D eigenvalue weighted by Gasteiger charge is -2.14. The van der Waals surface area contributed by atoms with Crippen LogP contribution in [-0.4, -0.2) is 22.2 Å². The van der Waals surface area contributed by atoms with Gasteiger partial charge in [-0.25, -0.2) is 0 Å². The smallest absolute Gasteiger partial charge is 0.224 e. The third kappa shape index (κ3) is 4.84. The highest BCUT2D eigenvalue weighted by atomic mass is 16.3. The summed E-state index contributed by atoms with van der Waals surface area (Å²) in [4.78, 5) is 11.9. The lowest BCUT2D eigenvalue weighted by Crippen LogP contribution is -2.35. The third-order valence-electron chi connectivity index (χ3n) is 3.16. The van der Waals surface area contributed by atoms with E-state index < -0.39 is 0 Å². The molecule has 0 saturated heterocycles. The second kappa shape index (κ2) is 6.79. The van der Waals surface area contributed by atoms with Gasteiger partial charge in [-0.2, -0.15) is 0 Å². The quantitative estimate of drug-likeness (QED) is 0.790. The zero-order chi connectivity index (χ0) is 15.2. The molecular weight excluding hydrogens is 266 g/mol. The maximum atomic E-state index is 11.9. The molecule has 0 aliphatic heterocycles. The lowest BCUT2D eigenvalue weighted by molar-refractivity contribution is -0.121. The van der Waals surface area contributed by atoms with E-state index in [0.717, 1.165) is 11.1 Å². The molecule has 0 fully saturated rings. The molecule has 0 aromatic heterocycles. The van der Waals surface area contributed by atoms with Gasteiger partial charge in [0.25, 0.3) is 0 Å². The van der Waals surface area contributed by atoms with Crippen LogP contribution in [0.25, 0.3) is 0 Å². The monoisotopic (exact) mass is 285 g/mol. The van der Waals surface area contributed by atoms with E-state index in [1.54, 1.807) is 30.3 Å². The maximum absolute atomic E-state index is 11.9. The maximum Gasteiger partial charge on any atom is 0.224 e. The van der Waals surface area contributed by atoms with Crippen molar-refractivity contribution in [3.63, 3.8) is 0 Å².